The molecule has 5 heteroatoms. The van der Waals surface area contributed by atoms with Gasteiger partial charge < -0.3 is 5.11 Å². The number of hydrogen-bond donors (Lipinski definition) is 1. The van der Waals surface area contributed by atoms with Crippen LogP contribution in [0.5, 0.6) is 0 Å². The lowest BCUT2D eigenvalue weighted by Crippen LogP contribution is -2.28. The normalized spacial score (nSPS) is 14.5. The average molecular weight is 313 g/mol. The summed E-state index contributed by atoms with van der Waals surface area (Å²) in [6, 6.07) is 6.25. The molecule has 0 spiro atoms. The summed E-state index contributed by atoms with van der Waals surface area (Å²) in [5.74, 6) is -0.299. The zero-order valence-electron chi connectivity index (χ0n) is 10.2. The molecule has 0 saturated carbocycles. The van der Waals surface area contributed by atoms with Crippen LogP contribution in [0.25, 0.3) is 0 Å². The van der Waals surface area contributed by atoms with Crippen molar-refractivity contribution in [2.45, 2.75) is 18.9 Å². The molecular formula is C13H14BrFN2O. The second-order valence-electron chi connectivity index (χ2n) is 4.55. The van der Waals surface area contributed by atoms with Crippen molar-refractivity contribution in [3.05, 3.63) is 52.0 Å². The molecule has 2 rings (SSSR count). The molecule has 0 amide bonds. The Bertz CT molecular complexity index is 546. The molecule has 0 aliphatic heterocycles. The molecule has 0 saturated heterocycles. The molecular weight excluding hydrogens is 299 g/mol. The second kappa shape index (κ2) is 4.82. The fourth-order valence-electron chi connectivity index (χ4n) is 2.14. The van der Waals surface area contributed by atoms with Gasteiger partial charge in [0.05, 0.1) is 16.4 Å². The SMILES string of the molecule is Cn1ncc(Br)c1C(C)(O)Cc1cccc(F)c1. The van der Waals surface area contributed by atoms with E-state index in [-0.39, 0.29) is 5.82 Å². The highest BCUT2D eigenvalue weighted by atomic mass is 79.9. The monoisotopic (exact) mass is 312 g/mol. The summed E-state index contributed by atoms with van der Waals surface area (Å²) >= 11 is 3.36. The Labute approximate surface area is 113 Å². The lowest BCUT2D eigenvalue weighted by atomic mass is 9.93. The summed E-state index contributed by atoms with van der Waals surface area (Å²) in [7, 11) is 1.76. The lowest BCUT2D eigenvalue weighted by Gasteiger charge is -2.24. The van der Waals surface area contributed by atoms with E-state index in [9.17, 15) is 9.50 Å². The number of nitrogens with zero attached hydrogens (tertiary/aromatic N) is 2. The van der Waals surface area contributed by atoms with E-state index in [4.69, 9.17) is 0 Å². The van der Waals surface area contributed by atoms with E-state index >= 15 is 0 Å². The maximum Gasteiger partial charge on any atom is 0.123 e. The summed E-state index contributed by atoms with van der Waals surface area (Å²) in [6.45, 7) is 1.69. The van der Waals surface area contributed by atoms with Crippen molar-refractivity contribution < 1.29 is 9.50 Å². The van der Waals surface area contributed by atoms with Crippen molar-refractivity contribution in [1.29, 1.82) is 0 Å². The van der Waals surface area contributed by atoms with E-state index in [2.05, 4.69) is 21.0 Å². The van der Waals surface area contributed by atoms with Crippen LogP contribution in [0.1, 0.15) is 18.2 Å². The number of rotatable bonds is 3. The van der Waals surface area contributed by atoms with E-state index in [0.717, 1.165) is 10.0 Å². The summed E-state index contributed by atoms with van der Waals surface area (Å²) in [4.78, 5) is 0. The maximum absolute atomic E-state index is 13.1. The third kappa shape index (κ3) is 2.62. The molecule has 1 unspecified atom stereocenters. The Balaban J connectivity index is 2.32. The molecule has 1 aromatic heterocycles. The van der Waals surface area contributed by atoms with Crippen LogP contribution in [0.15, 0.2) is 34.9 Å². The van der Waals surface area contributed by atoms with Crippen molar-refractivity contribution in [1.82, 2.24) is 9.78 Å². The Hall–Kier alpha value is -1.20. The first-order chi connectivity index (χ1) is 8.40. The van der Waals surface area contributed by atoms with E-state index < -0.39 is 5.60 Å². The highest BCUT2D eigenvalue weighted by molar-refractivity contribution is 9.10. The van der Waals surface area contributed by atoms with Crippen molar-refractivity contribution in [2.75, 3.05) is 0 Å². The van der Waals surface area contributed by atoms with Gasteiger partial charge >= 0.3 is 0 Å². The first kappa shape index (κ1) is 13.2. The second-order valence-corrected chi connectivity index (χ2v) is 5.40. The minimum atomic E-state index is -1.11. The molecule has 18 heavy (non-hydrogen) atoms. The van der Waals surface area contributed by atoms with Crippen LogP contribution in [0.4, 0.5) is 4.39 Å². The van der Waals surface area contributed by atoms with Gasteiger partial charge in [-0.2, -0.15) is 5.10 Å². The fourth-order valence-corrected chi connectivity index (χ4v) is 2.92. The Kier molecular flexibility index (Phi) is 3.54. The molecule has 96 valence electrons. The van der Waals surface area contributed by atoms with Crippen LogP contribution in [0.2, 0.25) is 0 Å². The fraction of sp³-hybridized carbons (Fsp3) is 0.308. The number of halogens is 2. The first-order valence-corrected chi connectivity index (χ1v) is 6.34. The minimum Gasteiger partial charge on any atom is -0.383 e. The first-order valence-electron chi connectivity index (χ1n) is 5.55. The van der Waals surface area contributed by atoms with Gasteiger partial charge in [0.15, 0.2) is 0 Å². The van der Waals surface area contributed by atoms with E-state index in [1.54, 1.807) is 37.0 Å². The van der Waals surface area contributed by atoms with Crippen LogP contribution in [0.3, 0.4) is 0 Å². The number of aromatic nitrogens is 2. The average Bonchev–Trinajstić information content (AvgIpc) is 2.58. The summed E-state index contributed by atoms with van der Waals surface area (Å²) in [6.07, 6.45) is 1.96. The number of hydrogen-bond acceptors (Lipinski definition) is 2. The van der Waals surface area contributed by atoms with Crippen LogP contribution in [-0.2, 0) is 19.1 Å². The highest BCUT2D eigenvalue weighted by Gasteiger charge is 2.29. The van der Waals surface area contributed by atoms with Crippen molar-refractivity contribution in [3.63, 3.8) is 0 Å². The molecule has 1 aromatic carbocycles. The Morgan fingerprint density at radius 1 is 1.50 bits per heavy atom. The van der Waals surface area contributed by atoms with Crippen LogP contribution >= 0.6 is 15.9 Å². The van der Waals surface area contributed by atoms with E-state index in [1.165, 1.54) is 12.1 Å². The summed E-state index contributed by atoms with van der Waals surface area (Å²) in [5.41, 5.74) is 0.303. The van der Waals surface area contributed by atoms with Crippen LogP contribution in [0, 0.1) is 5.82 Å². The number of benzene rings is 1. The van der Waals surface area contributed by atoms with Crippen LogP contribution in [-0.4, -0.2) is 14.9 Å². The van der Waals surface area contributed by atoms with Gasteiger partial charge in [0.2, 0.25) is 0 Å². The van der Waals surface area contributed by atoms with Gasteiger partial charge in [0, 0.05) is 13.5 Å². The largest absolute Gasteiger partial charge is 0.383 e. The predicted octanol–water partition coefficient (Wildman–Crippen LogP) is 2.77. The lowest BCUT2D eigenvalue weighted by molar-refractivity contribution is 0.0482. The van der Waals surface area contributed by atoms with Crippen LogP contribution < -0.4 is 0 Å². The molecule has 0 aliphatic carbocycles. The predicted molar refractivity (Wildman–Crippen MR) is 70.6 cm³/mol. The van der Waals surface area contributed by atoms with Gasteiger partial charge in [-0.1, -0.05) is 12.1 Å². The molecule has 0 bridgehead atoms. The molecule has 0 radical (unpaired) electrons. The molecule has 0 fully saturated rings. The molecule has 2 aromatic rings. The summed E-state index contributed by atoms with van der Waals surface area (Å²) in [5, 5.41) is 14.6. The number of aliphatic hydroxyl groups is 1. The van der Waals surface area contributed by atoms with Crippen molar-refractivity contribution in [2.24, 2.45) is 7.05 Å². The van der Waals surface area contributed by atoms with Gasteiger partial charge in [0.25, 0.3) is 0 Å². The van der Waals surface area contributed by atoms with Gasteiger partial charge in [0.1, 0.15) is 11.4 Å². The number of aryl methyl sites for hydroxylation is 1. The van der Waals surface area contributed by atoms with Gasteiger partial charge in [-0.3, -0.25) is 4.68 Å². The smallest absolute Gasteiger partial charge is 0.123 e. The van der Waals surface area contributed by atoms with Gasteiger partial charge in [-0.15, -0.1) is 0 Å². The Morgan fingerprint density at radius 2 is 2.22 bits per heavy atom. The zero-order chi connectivity index (χ0) is 13.3. The molecule has 1 atom stereocenters. The molecule has 1 heterocycles. The van der Waals surface area contributed by atoms with E-state index in [1.807, 2.05) is 0 Å². The van der Waals surface area contributed by atoms with E-state index in [0.29, 0.717) is 12.1 Å². The van der Waals surface area contributed by atoms with Crippen molar-refractivity contribution >= 4 is 15.9 Å². The highest BCUT2D eigenvalue weighted by Crippen LogP contribution is 2.30. The molecule has 3 nitrogen and oxygen atoms in total. The standard InChI is InChI=1S/C13H14BrFN2O/c1-13(18,12-11(14)8-16-17(12)2)7-9-4-3-5-10(15)6-9/h3-6,8,18H,7H2,1-2H3. The third-order valence-electron chi connectivity index (χ3n) is 2.84. The van der Waals surface area contributed by atoms with Gasteiger partial charge in [-0.05, 0) is 40.5 Å². The van der Waals surface area contributed by atoms with Gasteiger partial charge in [-0.25, -0.2) is 4.39 Å². The topological polar surface area (TPSA) is 38.0 Å². The Morgan fingerprint density at radius 3 is 2.78 bits per heavy atom. The van der Waals surface area contributed by atoms with Crippen molar-refractivity contribution in [3.8, 4) is 0 Å². The molecule has 1 N–H and O–H groups in total. The minimum absolute atomic E-state index is 0.299. The zero-order valence-corrected chi connectivity index (χ0v) is 11.8. The summed E-state index contributed by atoms with van der Waals surface area (Å²) < 4.78 is 15.5. The molecule has 0 aliphatic rings. The quantitative estimate of drug-likeness (QED) is 0.946. The third-order valence-corrected chi connectivity index (χ3v) is 3.42. The maximum atomic E-state index is 13.1.